The summed E-state index contributed by atoms with van der Waals surface area (Å²) in [7, 11) is 0. The summed E-state index contributed by atoms with van der Waals surface area (Å²) in [5.74, 6) is -1.01. The predicted octanol–water partition coefficient (Wildman–Crippen LogP) is 3.58. The molecule has 0 aromatic carbocycles. The molecule has 0 aliphatic heterocycles. The number of aryl methyl sites for hydroxylation is 1. The van der Waals surface area contributed by atoms with Gasteiger partial charge in [-0.05, 0) is 50.8 Å². The largest absolute Gasteiger partial charge is 0.462 e. The number of aromatic nitrogens is 3. The van der Waals surface area contributed by atoms with Crippen molar-refractivity contribution in [3.63, 3.8) is 0 Å². The zero-order valence-electron chi connectivity index (χ0n) is 19.1. The summed E-state index contributed by atoms with van der Waals surface area (Å²) in [6.45, 7) is 11.0. The highest BCUT2D eigenvalue weighted by atomic mass is 32.2. The molecule has 3 heterocycles. The van der Waals surface area contributed by atoms with E-state index in [1.165, 1.54) is 22.2 Å². The van der Waals surface area contributed by atoms with E-state index in [0.29, 0.717) is 11.3 Å². The first-order valence-corrected chi connectivity index (χ1v) is 11.6. The van der Waals surface area contributed by atoms with Crippen LogP contribution in [0.25, 0.3) is 16.7 Å². The van der Waals surface area contributed by atoms with Gasteiger partial charge in [-0.2, -0.15) is 4.99 Å². The van der Waals surface area contributed by atoms with Crippen molar-refractivity contribution in [3.05, 3.63) is 75.5 Å². The van der Waals surface area contributed by atoms with E-state index in [1.807, 2.05) is 26.8 Å². The molecule has 0 saturated carbocycles. The third-order valence-electron chi connectivity index (χ3n) is 4.81. The fourth-order valence-corrected chi connectivity index (χ4v) is 3.92. The third kappa shape index (κ3) is 4.98. The molecule has 0 saturated heterocycles. The average molecular weight is 467 g/mol. The fourth-order valence-electron chi connectivity index (χ4n) is 3.39. The lowest BCUT2D eigenvalue weighted by atomic mass is 10.2. The molecule has 0 spiro atoms. The highest BCUT2D eigenvalue weighted by Crippen LogP contribution is 2.16. The minimum atomic E-state index is -0.659. The maximum atomic E-state index is 13.3. The van der Waals surface area contributed by atoms with Crippen molar-refractivity contribution in [1.82, 2.24) is 14.0 Å². The molecule has 172 valence electrons. The Hall–Kier alpha value is -3.46. The fraction of sp³-hybridized carbons (Fsp3) is 0.292. The van der Waals surface area contributed by atoms with Gasteiger partial charge < -0.3 is 9.30 Å². The minimum Gasteiger partial charge on any atom is -0.462 e. The van der Waals surface area contributed by atoms with Crippen LogP contribution < -0.4 is 11.0 Å². The Morgan fingerprint density at radius 1 is 1.33 bits per heavy atom. The van der Waals surface area contributed by atoms with E-state index in [9.17, 15) is 14.4 Å². The number of fused-ring (bicyclic) bond motifs is 2. The molecule has 9 heteroatoms. The van der Waals surface area contributed by atoms with Crippen molar-refractivity contribution in [1.29, 1.82) is 0 Å². The van der Waals surface area contributed by atoms with E-state index in [1.54, 1.807) is 41.3 Å². The SMILES string of the molecule is C=C/C=C/SCC(=O)N=c1c(C(=O)OCC)cc2c(=O)n3cccc(C)c3nc2n1C(C)C. The molecule has 0 bridgehead atoms. The molecule has 0 unspecified atom stereocenters. The zero-order valence-corrected chi connectivity index (χ0v) is 19.9. The van der Waals surface area contributed by atoms with E-state index < -0.39 is 11.9 Å². The van der Waals surface area contributed by atoms with Crippen LogP contribution in [0.4, 0.5) is 0 Å². The molecule has 0 fully saturated rings. The molecule has 0 atom stereocenters. The summed E-state index contributed by atoms with van der Waals surface area (Å²) in [5, 5.41) is 1.98. The maximum Gasteiger partial charge on any atom is 0.341 e. The molecule has 3 aromatic heterocycles. The number of nitrogens with zero attached hydrogens (tertiary/aromatic N) is 4. The second kappa shape index (κ2) is 10.4. The number of amides is 1. The van der Waals surface area contributed by atoms with Crippen LogP contribution in [-0.4, -0.2) is 38.2 Å². The second-order valence-corrected chi connectivity index (χ2v) is 8.38. The Kier molecular flexibility index (Phi) is 7.65. The van der Waals surface area contributed by atoms with Gasteiger partial charge in [-0.3, -0.25) is 14.0 Å². The molecule has 8 nitrogen and oxygen atoms in total. The first-order chi connectivity index (χ1) is 15.8. The highest BCUT2D eigenvalue weighted by Gasteiger charge is 2.21. The van der Waals surface area contributed by atoms with Gasteiger partial charge in [-0.25, -0.2) is 9.78 Å². The van der Waals surface area contributed by atoms with Gasteiger partial charge in [0.15, 0.2) is 5.49 Å². The Morgan fingerprint density at radius 3 is 2.76 bits per heavy atom. The maximum absolute atomic E-state index is 13.3. The first kappa shape index (κ1) is 24.2. The third-order valence-corrected chi connectivity index (χ3v) is 5.57. The number of rotatable bonds is 7. The van der Waals surface area contributed by atoms with Crippen LogP contribution in [0.15, 0.2) is 58.3 Å². The van der Waals surface area contributed by atoms with Crippen molar-refractivity contribution in [2.75, 3.05) is 12.4 Å². The number of hydrogen-bond acceptors (Lipinski definition) is 6. The quantitative estimate of drug-likeness (QED) is 0.300. The summed E-state index contributed by atoms with van der Waals surface area (Å²) in [6.07, 6.45) is 4.97. The molecule has 0 aliphatic carbocycles. The van der Waals surface area contributed by atoms with Crippen molar-refractivity contribution >= 4 is 40.3 Å². The summed E-state index contributed by atoms with van der Waals surface area (Å²) in [6, 6.07) is 4.80. The number of carbonyl (C=O) groups excluding carboxylic acids is 2. The summed E-state index contributed by atoms with van der Waals surface area (Å²) >= 11 is 1.26. The average Bonchev–Trinajstić information content (AvgIpc) is 2.77. The van der Waals surface area contributed by atoms with Gasteiger partial charge in [0.1, 0.15) is 16.9 Å². The van der Waals surface area contributed by atoms with E-state index in [0.717, 1.165) is 5.56 Å². The predicted molar refractivity (Wildman–Crippen MR) is 130 cm³/mol. The molecule has 1 amide bonds. The van der Waals surface area contributed by atoms with Crippen LogP contribution >= 0.6 is 11.8 Å². The summed E-state index contributed by atoms with van der Waals surface area (Å²) in [4.78, 5) is 47.8. The first-order valence-electron chi connectivity index (χ1n) is 10.5. The van der Waals surface area contributed by atoms with Gasteiger partial charge in [-0.1, -0.05) is 24.8 Å². The number of ether oxygens (including phenoxy) is 1. The number of pyridine rings is 2. The van der Waals surface area contributed by atoms with Gasteiger partial charge in [-0.15, -0.1) is 11.8 Å². The van der Waals surface area contributed by atoms with E-state index >= 15 is 0 Å². The molecule has 0 radical (unpaired) electrons. The van der Waals surface area contributed by atoms with Crippen molar-refractivity contribution < 1.29 is 14.3 Å². The Labute approximate surface area is 195 Å². The van der Waals surface area contributed by atoms with Gasteiger partial charge in [0.25, 0.3) is 11.5 Å². The van der Waals surface area contributed by atoms with E-state index in [4.69, 9.17) is 9.72 Å². The molecule has 0 N–H and O–H groups in total. The summed E-state index contributed by atoms with van der Waals surface area (Å²) in [5.41, 5.74) is 1.52. The Morgan fingerprint density at radius 2 is 2.09 bits per heavy atom. The van der Waals surface area contributed by atoms with Crippen molar-refractivity contribution in [2.24, 2.45) is 4.99 Å². The standard InChI is InChI=1S/C24H26N4O4S/c1-6-8-12-33-14-19(29)25-22-18(24(31)32-7-2)13-17-21(28(22)15(3)4)26-20-16(5)10-9-11-27(20)23(17)30/h6,8-13,15H,1,7,14H2,2-5H3/b12-8+,25-22?. The van der Waals surface area contributed by atoms with Crippen LogP contribution in [0, 0.1) is 6.92 Å². The smallest absolute Gasteiger partial charge is 0.341 e. The van der Waals surface area contributed by atoms with Crippen LogP contribution in [0.3, 0.4) is 0 Å². The monoisotopic (exact) mass is 466 g/mol. The lowest BCUT2D eigenvalue weighted by Gasteiger charge is -2.18. The lowest BCUT2D eigenvalue weighted by Crippen LogP contribution is -2.34. The van der Waals surface area contributed by atoms with Gasteiger partial charge >= 0.3 is 5.97 Å². The Balaban J connectivity index is 2.41. The van der Waals surface area contributed by atoms with E-state index in [-0.39, 0.29) is 40.4 Å². The van der Waals surface area contributed by atoms with Gasteiger partial charge in [0.05, 0.1) is 17.7 Å². The summed E-state index contributed by atoms with van der Waals surface area (Å²) < 4.78 is 8.31. The van der Waals surface area contributed by atoms with Gasteiger partial charge in [0, 0.05) is 12.2 Å². The highest BCUT2D eigenvalue weighted by molar-refractivity contribution is 8.02. The minimum absolute atomic E-state index is 0.0459. The van der Waals surface area contributed by atoms with Gasteiger partial charge in [0.2, 0.25) is 0 Å². The zero-order chi connectivity index (χ0) is 24.1. The van der Waals surface area contributed by atoms with Crippen LogP contribution in [0.2, 0.25) is 0 Å². The Bertz CT molecular complexity index is 1400. The number of esters is 1. The molecular formula is C24H26N4O4S. The molecule has 33 heavy (non-hydrogen) atoms. The number of allylic oxidation sites excluding steroid dienone is 2. The second-order valence-electron chi connectivity index (χ2n) is 7.49. The number of thioether (sulfide) groups is 1. The van der Waals surface area contributed by atoms with Crippen molar-refractivity contribution in [2.45, 2.75) is 33.7 Å². The normalized spacial score (nSPS) is 12.2. The molecular weight excluding hydrogens is 440 g/mol. The molecule has 0 aliphatic rings. The van der Waals surface area contributed by atoms with Crippen LogP contribution in [-0.2, 0) is 9.53 Å². The topological polar surface area (TPSA) is 95.0 Å². The van der Waals surface area contributed by atoms with E-state index in [2.05, 4.69) is 11.6 Å². The van der Waals surface area contributed by atoms with Crippen molar-refractivity contribution in [3.8, 4) is 0 Å². The molecule has 3 rings (SSSR count). The lowest BCUT2D eigenvalue weighted by molar-refractivity contribution is -0.115. The van der Waals surface area contributed by atoms with Crippen LogP contribution in [0.5, 0.6) is 0 Å². The number of hydrogen-bond donors (Lipinski definition) is 0. The number of carbonyl (C=O) groups is 2. The molecule has 3 aromatic rings. The van der Waals surface area contributed by atoms with Crippen LogP contribution in [0.1, 0.15) is 42.7 Å².